The van der Waals surface area contributed by atoms with Crippen LogP contribution in [0.1, 0.15) is 25.7 Å². The van der Waals surface area contributed by atoms with E-state index >= 15 is 0 Å². The molecule has 0 fully saturated rings. The lowest BCUT2D eigenvalue weighted by atomic mass is 10.2. The highest BCUT2D eigenvalue weighted by atomic mass is 19.1. The van der Waals surface area contributed by atoms with E-state index in [0.717, 1.165) is 19.4 Å². The van der Waals surface area contributed by atoms with E-state index < -0.39 is 0 Å². The van der Waals surface area contributed by atoms with E-state index in [1.807, 2.05) is 7.05 Å². The van der Waals surface area contributed by atoms with Crippen LogP contribution in [0.4, 0.5) is 4.39 Å². The fourth-order valence-electron chi connectivity index (χ4n) is 1.50. The fourth-order valence-corrected chi connectivity index (χ4v) is 1.50. The normalized spacial score (nSPS) is 10.4. The summed E-state index contributed by atoms with van der Waals surface area (Å²) in [6, 6.07) is 6.28. The highest BCUT2D eigenvalue weighted by Crippen LogP contribution is 2.12. The molecule has 0 saturated carbocycles. The van der Waals surface area contributed by atoms with Crippen molar-refractivity contribution in [2.75, 3.05) is 20.2 Å². The number of rotatable bonds is 8. The second-order valence-electron chi connectivity index (χ2n) is 3.82. The first-order chi connectivity index (χ1) is 7.83. The Morgan fingerprint density at radius 3 is 2.75 bits per heavy atom. The SMILES string of the molecule is CNCCCCCCOc1cccc(F)c1. The van der Waals surface area contributed by atoms with Gasteiger partial charge in [-0.25, -0.2) is 4.39 Å². The number of halogens is 1. The van der Waals surface area contributed by atoms with Gasteiger partial charge in [-0.05, 0) is 38.6 Å². The second kappa shape index (κ2) is 8.11. The van der Waals surface area contributed by atoms with E-state index in [-0.39, 0.29) is 5.82 Å². The number of nitrogens with one attached hydrogen (secondary N) is 1. The van der Waals surface area contributed by atoms with Crippen LogP contribution in [0, 0.1) is 5.82 Å². The predicted octanol–water partition coefficient (Wildman–Crippen LogP) is 2.98. The van der Waals surface area contributed by atoms with Crippen LogP contribution < -0.4 is 10.1 Å². The van der Waals surface area contributed by atoms with Gasteiger partial charge in [-0.2, -0.15) is 0 Å². The molecule has 1 rings (SSSR count). The summed E-state index contributed by atoms with van der Waals surface area (Å²) < 4.78 is 18.2. The number of unbranched alkanes of at least 4 members (excludes halogenated alkanes) is 3. The molecule has 90 valence electrons. The van der Waals surface area contributed by atoms with Gasteiger partial charge in [-0.3, -0.25) is 0 Å². The van der Waals surface area contributed by atoms with E-state index in [0.29, 0.717) is 12.4 Å². The molecule has 3 heteroatoms. The van der Waals surface area contributed by atoms with Crippen molar-refractivity contribution < 1.29 is 9.13 Å². The first kappa shape index (κ1) is 13.0. The first-order valence-electron chi connectivity index (χ1n) is 5.86. The summed E-state index contributed by atoms with van der Waals surface area (Å²) in [7, 11) is 1.97. The molecular formula is C13H20FNO. The summed E-state index contributed by atoms with van der Waals surface area (Å²) in [4.78, 5) is 0. The molecule has 0 unspecified atom stereocenters. The van der Waals surface area contributed by atoms with Crippen LogP contribution in [-0.4, -0.2) is 20.2 Å². The molecule has 0 aliphatic heterocycles. The molecule has 0 aromatic heterocycles. The van der Waals surface area contributed by atoms with Crippen molar-refractivity contribution in [3.05, 3.63) is 30.1 Å². The highest BCUT2D eigenvalue weighted by Gasteiger charge is 1.95. The Hall–Kier alpha value is -1.09. The van der Waals surface area contributed by atoms with Crippen molar-refractivity contribution in [3.8, 4) is 5.75 Å². The lowest BCUT2D eigenvalue weighted by Gasteiger charge is -2.05. The van der Waals surface area contributed by atoms with Gasteiger partial charge in [0.25, 0.3) is 0 Å². The minimum Gasteiger partial charge on any atom is -0.493 e. The fraction of sp³-hybridized carbons (Fsp3) is 0.538. The standard InChI is InChI=1S/C13H20FNO/c1-15-9-4-2-3-5-10-16-13-8-6-7-12(14)11-13/h6-8,11,15H,2-5,9-10H2,1H3. The zero-order chi connectivity index (χ0) is 11.6. The summed E-state index contributed by atoms with van der Waals surface area (Å²) in [5.74, 6) is 0.377. The first-order valence-corrected chi connectivity index (χ1v) is 5.86. The molecule has 0 aliphatic rings. The van der Waals surface area contributed by atoms with Gasteiger partial charge in [-0.15, -0.1) is 0 Å². The van der Waals surface area contributed by atoms with Gasteiger partial charge in [-0.1, -0.05) is 18.9 Å². The second-order valence-corrected chi connectivity index (χ2v) is 3.82. The molecule has 0 aliphatic carbocycles. The lowest BCUT2D eigenvalue weighted by Crippen LogP contribution is -2.07. The molecule has 0 amide bonds. The van der Waals surface area contributed by atoms with Crippen molar-refractivity contribution in [1.29, 1.82) is 0 Å². The van der Waals surface area contributed by atoms with Crippen LogP contribution in [0.15, 0.2) is 24.3 Å². The van der Waals surface area contributed by atoms with Gasteiger partial charge < -0.3 is 10.1 Å². The molecule has 1 aromatic rings. The maximum atomic E-state index is 12.8. The highest BCUT2D eigenvalue weighted by molar-refractivity contribution is 5.22. The third kappa shape index (κ3) is 5.71. The Labute approximate surface area is 96.8 Å². The molecule has 0 atom stereocenters. The predicted molar refractivity (Wildman–Crippen MR) is 64.3 cm³/mol. The number of benzene rings is 1. The third-order valence-electron chi connectivity index (χ3n) is 2.39. The average Bonchev–Trinajstić information content (AvgIpc) is 2.28. The molecule has 0 bridgehead atoms. The van der Waals surface area contributed by atoms with E-state index in [9.17, 15) is 4.39 Å². The Morgan fingerprint density at radius 1 is 1.19 bits per heavy atom. The molecule has 0 radical (unpaired) electrons. The van der Waals surface area contributed by atoms with Crippen molar-refractivity contribution in [3.63, 3.8) is 0 Å². The largest absolute Gasteiger partial charge is 0.493 e. The summed E-state index contributed by atoms with van der Waals surface area (Å²) >= 11 is 0. The summed E-state index contributed by atoms with van der Waals surface area (Å²) in [5.41, 5.74) is 0. The van der Waals surface area contributed by atoms with Crippen LogP contribution >= 0.6 is 0 Å². The minimum absolute atomic E-state index is 0.244. The molecule has 16 heavy (non-hydrogen) atoms. The molecular weight excluding hydrogens is 205 g/mol. The number of hydrogen-bond donors (Lipinski definition) is 1. The average molecular weight is 225 g/mol. The molecule has 0 saturated heterocycles. The summed E-state index contributed by atoms with van der Waals surface area (Å²) in [6.07, 6.45) is 4.61. The lowest BCUT2D eigenvalue weighted by molar-refractivity contribution is 0.303. The van der Waals surface area contributed by atoms with Crippen LogP contribution in [0.3, 0.4) is 0 Å². The van der Waals surface area contributed by atoms with E-state index in [1.165, 1.54) is 25.0 Å². The van der Waals surface area contributed by atoms with Crippen molar-refractivity contribution >= 4 is 0 Å². The minimum atomic E-state index is -0.244. The topological polar surface area (TPSA) is 21.3 Å². The summed E-state index contributed by atoms with van der Waals surface area (Å²) in [5, 5.41) is 3.12. The zero-order valence-electron chi connectivity index (χ0n) is 9.84. The maximum absolute atomic E-state index is 12.8. The Bertz CT molecular complexity index is 291. The molecule has 0 heterocycles. The smallest absolute Gasteiger partial charge is 0.126 e. The van der Waals surface area contributed by atoms with Crippen molar-refractivity contribution in [2.24, 2.45) is 0 Å². The van der Waals surface area contributed by atoms with Crippen LogP contribution in [0.2, 0.25) is 0 Å². The number of ether oxygens (including phenoxy) is 1. The van der Waals surface area contributed by atoms with Crippen LogP contribution in [-0.2, 0) is 0 Å². The molecule has 1 N–H and O–H groups in total. The van der Waals surface area contributed by atoms with Gasteiger partial charge in [0.1, 0.15) is 11.6 Å². The van der Waals surface area contributed by atoms with Gasteiger partial charge in [0, 0.05) is 6.07 Å². The van der Waals surface area contributed by atoms with Gasteiger partial charge in [0.2, 0.25) is 0 Å². The van der Waals surface area contributed by atoms with Gasteiger partial charge in [0.05, 0.1) is 6.61 Å². The Balaban J connectivity index is 2.03. The zero-order valence-corrected chi connectivity index (χ0v) is 9.84. The Morgan fingerprint density at radius 2 is 2.00 bits per heavy atom. The van der Waals surface area contributed by atoms with Crippen LogP contribution in [0.5, 0.6) is 5.75 Å². The molecule has 0 spiro atoms. The Kier molecular flexibility index (Phi) is 6.58. The molecule has 2 nitrogen and oxygen atoms in total. The van der Waals surface area contributed by atoms with E-state index in [2.05, 4.69) is 5.32 Å². The number of hydrogen-bond acceptors (Lipinski definition) is 2. The van der Waals surface area contributed by atoms with Crippen molar-refractivity contribution in [1.82, 2.24) is 5.32 Å². The van der Waals surface area contributed by atoms with Crippen molar-refractivity contribution in [2.45, 2.75) is 25.7 Å². The monoisotopic (exact) mass is 225 g/mol. The van der Waals surface area contributed by atoms with E-state index in [4.69, 9.17) is 4.74 Å². The maximum Gasteiger partial charge on any atom is 0.126 e. The van der Waals surface area contributed by atoms with Gasteiger partial charge in [0.15, 0.2) is 0 Å². The quantitative estimate of drug-likeness (QED) is 0.687. The molecule has 1 aromatic carbocycles. The third-order valence-corrected chi connectivity index (χ3v) is 2.39. The van der Waals surface area contributed by atoms with E-state index in [1.54, 1.807) is 12.1 Å². The van der Waals surface area contributed by atoms with Gasteiger partial charge >= 0.3 is 0 Å². The summed E-state index contributed by atoms with van der Waals surface area (Å²) in [6.45, 7) is 1.74. The van der Waals surface area contributed by atoms with Crippen LogP contribution in [0.25, 0.3) is 0 Å².